The molecule has 0 aromatic heterocycles. The van der Waals surface area contributed by atoms with Crippen molar-refractivity contribution in [3.8, 4) is 0 Å². The molecule has 2 aliphatic rings. The second kappa shape index (κ2) is 5.56. The molecule has 0 amide bonds. The van der Waals surface area contributed by atoms with Gasteiger partial charge in [0.1, 0.15) is 0 Å². The van der Waals surface area contributed by atoms with Crippen LogP contribution in [0.25, 0.3) is 0 Å². The number of nitrogens with zero attached hydrogens (tertiary/aromatic N) is 2. The largest absolute Gasteiger partial charge is 0.368 e. The molecule has 4 heteroatoms. The Hall–Kier alpha value is -0.160. The molecule has 4 nitrogen and oxygen atoms in total. The standard InChI is InChI=1S/C16H33N3O/c1-15(2)13(14(17)16(3,4)20-15)11-19(6)10-12-7-8-18(5)9-12/h12-14H,7-11,17H2,1-6H3. The second-order valence-electron chi connectivity index (χ2n) is 8.08. The Morgan fingerprint density at radius 2 is 1.85 bits per heavy atom. The topological polar surface area (TPSA) is 41.7 Å². The molecule has 2 saturated heterocycles. The molecule has 2 N–H and O–H groups in total. The first-order valence-corrected chi connectivity index (χ1v) is 7.94. The average molecular weight is 283 g/mol. The van der Waals surface area contributed by atoms with E-state index >= 15 is 0 Å². The maximum Gasteiger partial charge on any atom is 0.0788 e. The van der Waals surface area contributed by atoms with Gasteiger partial charge in [-0.1, -0.05) is 0 Å². The molecule has 0 aliphatic carbocycles. The lowest BCUT2D eigenvalue weighted by atomic mass is 9.82. The van der Waals surface area contributed by atoms with Gasteiger partial charge in [-0.05, 0) is 60.7 Å². The molecule has 2 fully saturated rings. The number of hydrogen-bond donors (Lipinski definition) is 1. The molecular weight excluding hydrogens is 250 g/mol. The Morgan fingerprint density at radius 1 is 1.20 bits per heavy atom. The van der Waals surface area contributed by atoms with E-state index in [0.717, 1.165) is 12.5 Å². The van der Waals surface area contributed by atoms with Crippen molar-refractivity contribution in [2.24, 2.45) is 17.6 Å². The van der Waals surface area contributed by atoms with Crippen molar-refractivity contribution >= 4 is 0 Å². The summed E-state index contributed by atoms with van der Waals surface area (Å²) in [5.74, 6) is 1.20. The highest BCUT2D eigenvalue weighted by Crippen LogP contribution is 2.41. The molecule has 0 aromatic carbocycles. The summed E-state index contributed by atoms with van der Waals surface area (Å²) in [6.45, 7) is 13.3. The van der Waals surface area contributed by atoms with E-state index in [1.165, 1.54) is 26.1 Å². The first-order valence-electron chi connectivity index (χ1n) is 7.94. The molecule has 0 bridgehead atoms. The fraction of sp³-hybridized carbons (Fsp3) is 1.00. The third-order valence-corrected chi connectivity index (χ3v) is 5.22. The summed E-state index contributed by atoms with van der Waals surface area (Å²) in [4.78, 5) is 4.89. The summed E-state index contributed by atoms with van der Waals surface area (Å²) in [6, 6.07) is 0.103. The van der Waals surface area contributed by atoms with Crippen molar-refractivity contribution in [2.75, 3.05) is 40.3 Å². The molecule has 0 aromatic rings. The molecule has 3 atom stereocenters. The van der Waals surface area contributed by atoms with Crippen molar-refractivity contribution in [2.45, 2.75) is 51.4 Å². The predicted molar refractivity (Wildman–Crippen MR) is 83.8 cm³/mol. The zero-order chi connectivity index (χ0) is 15.1. The Labute approximate surface area is 124 Å². The lowest BCUT2D eigenvalue weighted by Crippen LogP contribution is -2.48. The third-order valence-electron chi connectivity index (χ3n) is 5.22. The molecule has 0 radical (unpaired) electrons. The summed E-state index contributed by atoms with van der Waals surface area (Å²) in [5, 5.41) is 0. The predicted octanol–water partition coefficient (Wildman–Crippen LogP) is 1.40. The molecule has 2 rings (SSSR count). The smallest absolute Gasteiger partial charge is 0.0788 e. The number of ether oxygens (including phenoxy) is 1. The van der Waals surface area contributed by atoms with E-state index in [1.807, 2.05) is 0 Å². The quantitative estimate of drug-likeness (QED) is 0.847. The van der Waals surface area contributed by atoms with Gasteiger partial charge in [-0.3, -0.25) is 0 Å². The molecule has 0 saturated carbocycles. The van der Waals surface area contributed by atoms with Gasteiger partial charge in [0.15, 0.2) is 0 Å². The molecule has 20 heavy (non-hydrogen) atoms. The van der Waals surface area contributed by atoms with Crippen molar-refractivity contribution in [3.05, 3.63) is 0 Å². The van der Waals surface area contributed by atoms with Crippen molar-refractivity contribution < 1.29 is 4.74 Å². The van der Waals surface area contributed by atoms with Gasteiger partial charge in [0.05, 0.1) is 11.2 Å². The van der Waals surface area contributed by atoms with Gasteiger partial charge in [0.2, 0.25) is 0 Å². The average Bonchev–Trinajstić information content (AvgIpc) is 2.74. The normalized spacial score (nSPS) is 36.9. The summed E-state index contributed by atoms with van der Waals surface area (Å²) in [6.07, 6.45) is 1.32. The number of likely N-dealkylation sites (tertiary alicyclic amines) is 1. The van der Waals surface area contributed by atoms with Gasteiger partial charge in [-0.15, -0.1) is 0 Å². The Bertz CT molecular complexity index is 343. The van der Waals surface area contributed by atoms with E-state index in [2.05, 4.69) is 51.6 Å². The fourth-order valence-electron chi connectivity index (χ4n) is 4.10. The van der Waals surface area contributed by atoms with Gasteiger partial charge in [0, 0.05) is 31.6 Å². The van der Waals surface area contributed by atoms with Crippen LogP contribution in [0.3, 0.4) is 0 Å². The van der Waals surface area contributed by atoms with Crippen LogP contribution in [0, 0.1) is 11.8 Å². The summed E-state index contributed by atoms with van der Waals surface area (Å²) in [5.41, 5.74) is 6.10. The number of hydrogen-bond acceptors (Lipinski definition) is 4. The van der Waals surface area contributed by atoms with Crippen LogP contribution in [0.5, 0.6) is 0 Å². The van der Waals surface area contributed by atoms with E-state index < -0.39 is 0 Å². The van der Waals surface area contributed by atoms with Gasteiger partial charge in [-0.2, -0.15) is 0 Å². The highest BCUT2D eigenvalue weighted by Gasteiger charge is 2.52. The highest BCUT2D eigenvalue weighted by atomic mass is 16.5. The molecule has 3 unspecified atom stereocenters. The zero-order valence-electron chi connectivity index (χ0n) is 14.1. The van der Waals surface area contributed by atoms with E-state index in [9.17, 15) is 0 Å². The van der Waals surface area contributed by atoms with Gasteiger partial charge in [-0.25, -0.2) is 0 Å². The first kappa shape index (κ1) is 16.2. The van der Waals surface area contributed by atoms with E-state index in [-0.39, 0.29) is 17.2 Å². The Morgan fingerprint density at radius 3 is 2.30 bits per heavy atom. The van der Waals surface area contributed by atoms with E-state index in [4.69, 9.17) is 10.5 Å². The van der Waals surface area contributed by atoms with Crippen LogP contribution in [0.4, 0.5) is 0 Å². The zero-order valence-corrected chi connectivity index (χ0v) is 14.1. The van der Waals surface area contributed by atoms with Gasteiger partial charge >= 0.3 is 0 Å². The van der Waals surface area contributed by atoms with Gasteiger partial charge < -0.3 is 20.3 Å². The van der Waals surface area contributed by atoms with Crippen molar-refractivity contribution in [1.82, 2.24) is 9.80 Å². The lowest BCUT2D eigenvalue weighted by molar-refractivity contribution is -0.0782. The highest BCUT2D eigenvalue weighted by molar-refractivity contribution is 5.04. The Kier molecular flexibility index (Phi) is 4.51. The van der Waals surface area contributed by atoms with Crippen LogP contribution in [-0.2, 0) is 4.74 Å². The maximum atomic E-state index is 6.45. The van der Waals surface area contributed by atoms with Gasteiger partial charge in [0.25, 0.3) is 0 Å². The summed E-state index contributed by atoms with van der Waals surface area (Å²) in [7, 11) is 4.44. The molecule has 2 heterocycles. The minimum absolute atomic E-state index is 0.103. The van der Waals surface area contributed by atoms with Crippen LogP contribution < -0.4 is 5.73 Å². The van der Waals surface area contributed by atoms with Crippen LogP contribution in [0.1, 0.15) is 34.1 Å². The summed E-state index contributed by atoms with van der Waals surface area (Å²) >= 11 is 0. The summed E-state index contributed by atoms with van der Waals surface area (Å²) < 4.78 is 6.19. The monoisotopic (exact) mass is 283 g/mol. The second-order valence-corrected chi connectivity index (χ2v) is 8.08. The molecular formula is C16H33N3O. The first-order chi connectivity index (χ1) is 9.12. The Balaban J connectivity index is 1.91. The van der Waals surface area contributed by atoms with Crippen LogP contribution in [0.15, 0.2) is 0 Å². The number of nitrogens with two attached hydrogens (primary N) is 1. The minimum Gasteiger partial charge on any atom is -0.368 e. The van der Waals surface area contributed by atoms with Crippen molar-refractivity contribution in [3.63, 3.8) is 0 Å². The molecule has 118 valence electrons. The lowest BCUT2D eigenvalue weighted by Gasteiger charge is -2.32. The van der Waals surface area contributed by atoms with Crippen LogP contribution >= 0.6 is 0 Å². The maximum absolute atomic E-state index is 6.45. The van der Waals surface area contributed by atoms with E-state index in [1.54, 1.807) is 0 Å². The van der Waals surface area contributed by atoms with Crippen LogP contribution in [0.2, 0.25) is 0 Å². The number of rotatable bonds is 4. The fourth-order valence-corrected chi connectivity index (χ4v) is 4.10. The molecule has 0 spiro atoms. The molecule has 2 aliphatic heterocycles. The SMILES string of the molecule is CN1CCC(CN(C)CC2C(N)C(C)(C)OC2(C)C)C1. The third kappa shape index (κ3) is 3.35. The van der Waals surface area contributed by atoms with E-state index in [0.29, 0.717) is 5.92 Å². The van der Waals surface area contributed by atoms with Crippen molar-refractivity contribution in [1.29, 1.82) is 0 Å². The minimum atomic E-state index is -0.220. The van der Waals surface area contributed by atoms with Crippen LogP contribution in [-0.4, -0.2) is 67.3 Å².